The van der Waals surface area contributed by atoms with E-state index in [1.54, 1.807) is 0 Å². The normalized spacial score (nSPS) is 11.2. The van der Waals surface area contributed by atoms with Crippen LogP contribution in [0, 0.1) is 13.8 Å². The predicted octanol–water partition coefficient (Wildman–Crippen LogP) is 3.22. The molecular weight excluding hydrogens is 244 g/mol. The van der Waals surface area contributed by atoms with E-state index >= 15 is 0 Å². The lowest BCUT2D eigenvalue weighted by atomic mass is 10.2. The van der Waals surface area contributed by atoms with Crippen molar-refractivity contribution in [3.63, 3.8) is 0 Å². The highest BCUT2D eigenvalue weighted by atomic mass is 16.5. The quantitative estimate of drug-likeness (QED) is 0.614. The number of rotatable bonds is 5. The molecular formula is C14H20N2O3. The Hall–Kier alpha value is -1.78. The summed E-state index contributed by atoms with van der Waals surface area (Å²) in [4.78, 5) is 11.9. The summed E-state index contributed by atoms with van der Waals surface area (Å²) < 4.78 is 12.6. The Kier molecular flexibility index (Phi) is 3.93. The first-order valence-electron chi connectivity index (χ1n) is 6.73. The summed E-state index contributed by atoms with van der Waals surface area (Å²) in [5.74, 6) is -0.119. The number of ether oxygens (including phenoxy) is 1. The van der Waals surface area contributed by atoms with Crippen molar-refractivity contribution in [2.45, 2.75) is 47.1 Å². The van der Waals surface area contributed by atoms with Gasteiger partial charge in [0.1, 0.15) is 0 Å². The first kappa shape index (κ1) is 13.6. The number of aryl methyl sites for hydroxylation is 3. The van der Waals surface area contributed by atoms with Crippen LogP contribution in [0.5, 0.6) is 0 Å². The van der Waals surface area contributed by atoms with E-state index < -0.39 is 5.97 Å². The van der Waals surface area contributed by atoms with Crippen LogP contribution < -0.4 is 0 Å². The zero-order chi connectivity index (χ0) is 14.0. The topological polar surface area (TPSA) is 57.3 Å². The minimum Gasteiger partial charge on any atom is -0.460 e. The average molecular weight is 264 g/mol. The molecule has 0 aromatic carbocycles. The first-order valence-corrected chi connectivity index (χ1v) is 6.73. The van der Waals surface area contributed by atoms with Gasteiger partial charge in [-0.3, -0.25) is 4.68 Å². The van der Waals surface area contributed by atoms with Crippen molar-refractivity contribution in [2.75, 3.05) is 6.61 Å². The number of unbranched alkanes of at least 4 members (excludes halogenated alkanes) is 1. The summed E-state index contributed by atoms with van der Waals surface area (Å²) in [6.45, 7) is 9.14. The maximum absolute atomic E-state index is 11.9. The number of esters is 1. The maximum atomic E-state index is 11.9. The third kappa shape index (κ3) is 2.37. The van der Waals surface area contributed by atoms with Gasteiger partial charge in [-0.15, -0.1) is 5.10 Å². The molecule has 5 heteroatoms. The van der Waals surface area contributed by atoms with Crippen molar-refractivity contribution in [3.05, 3.63) is 17.0 Å². The Morgan fingerprint density at radius 3 is 2.68 bits per heavy atom. The second-order valence-electron chi connectivity index (χ2n) is 4.63. The molecule has 2 heterocycles. The fraction of sp³-hybridized carbons (Fsp3) is 0.571. The summed E-state index contributed by atoms with van der Waals surface area (Å²) >= 11 is 0. The van der Waals surface area contributed by atoms with E-state index in [-0.39, 0.29) is 5.76 Å². The lowest BCUT2D eigenvalue weighted by Crippen LogP contribution is -2.07. The Bertz CT molecular complexity index is 595. The van der Waals surface area contributed by atoms with Crippen LogP contribution in [0.1, 0.15) is 48.5 Å². The standard InChI is InChI=1S/C14H20N2O3/c1-5-7-8-18-14(17)12-9(3)11-10(4)16(6-2)15-13(11)19-12/h5-8H2,1-4H3. The van der Waals surface area contributed by atoms with E-state index in [2.05, 4.69) is 12.0 Å². The number of carbonyl (C=O) groups excluding carboxylic acids is 1. The number of carbonyl (C=O) groups is 1. The van der Waals surface area contributed by atoms with Crippen molar-refractivity contribution in [1.82, 2.24) is 9.78 Å². The molecule has 19 heavy (non-hydrogen) atoms. The van der Waals surface area contributed by atoms with Gasteiger partial charge in [0.05, 0.1) is 12.0 Å². The van der Waals surface area contributed by atoms with Gasteiger partial charge >= 0.3 is 5.97 Å². The highest BCUT2D eigenvalue weighted by molar-refractivity contribution is 5.95. The zero-order valence-electron chi connectivity index (χ0n) is 11.9. The predicted molar refractivity (Wildman–Crippen MR) is 72.3 cm³/mol. The van der Waals surface area contributed by atoms with E-state index in [0.29, 0.717) is 12.3 Å². The van der Waals surface area contributed by atoms with Crippen LogP contribution in [0.2, 0.25) is 0 Å². The van der Waals surface area contributed by atoms with Crippen LogP contribution in [0.25, 0.3) is 11.1 Å². The molecule has 0 spiro atoms. The molecule has 0 radical (unpaired) electrons. The smallest absolute Gasteiger partial charge is 0.374 e. The van der Waals surface area contributed by atoms with E-state index in [1.807, 2.05) is 25.5 Å². The van der Waals surface area contributed by atoms with Crippen molar-refractivity contribution in [2.24, 2.45) is 0 Å². The third-order valence-corrected chi connectivity index (χ3v) is 3.30. The highest BCUT2D eigenvalue weighted by Crippen LogP contribution is 2.28. The molecule has 104 valence electrons. The molecule has 0 aliphatic carbocycles. The molecule has 0 aliphatic rings. The van der Waals surface area contributed by atoms with E-state index in [4.69, 9.17) is 9.15 Å². The van der Waals surface area contributed by atoms with Gasteiger partial charge in [-0.25, -0.2) is 4.79 Å². The second-order valence-corrected chi connectivity index (χ2v) is 4.63. The second kappa shape index (κ2) is 5.47. The molecule has 0 aliphatic heterocycles. The number of fused-ring (bicyclic) bond motifs is 1. The van der Waals surface area contributed by atoms with Gasteiger partial charge < -0.3 is 9.15 Å². The maximum Gasteiger partial charge on any atom is 0.374 e. The minimum absolute atomic E-state index is 0.278. The summed E-state index contributed by atoms with van der Waals surface area (Å²) in [6.07, 6.45) is 1.86. The lowest BCUT2D eigenvalue weighted by molar-refractivity contribution is 0.0464. The first-order chi connectivity index (χ1) is 9.10. The minimum atomic E-state index is -0.397. The number of nitrogens with zero attached hydrogens (tertiary/aromatic N) is 2. The van der Waals surface area contributed by atoms with Crippen molar-refractivity contribution < 1.29 is 13.9 Å². The van der Waals surface area contributed by atoms with Gasteiger partial charge in [-0.05, 0) is 27.2 Å². The summed E-state index contributed by atoms with van der Waals surface area (Å²) in [6, 6.07) is 0. The molecule has 5 nitrogen and oxygen atoms in total. The van der Waals surface area contributed by atoms with Gasteiger partial charge in [0.2, 0.25) is 11.5 Å². The van der Waals surface area contributed by atoms with E-state index in [9.17, 15) is 4.79 Å². The van der Waals surface area contributed by atoms with Crippen LogP contribution in [0.15, 0.2) is 4.42 Å². The van der Waals surface area contributed by atoms with Crippen molar-refractivity contribution in [1.29, 1.82) is 0 Å². The van der Waals surface area contributed by atoms with Crippen LogP contribution in [-0.4, -0.2) is 22.4 Å². The van der Waals surface area contributed by atoms with E-state index in [0.717, 1.165) is 36.0 Å². The lowest BCUT2D eigenvalue weighted by Gasteiger charge is -2.02. The Morgan fingerprint density at radius 1 is 1.37 bits per heavy atom. The highest BCUT2D eigenvalue weighted by Gasteiger charge is 2.23. The Balaban J connectivity index is 2.30. The fourth-order valence-electron chi connectivity index (χ4n) is 2.19. The summed E-state index contributed by atoms with van der Waals surface area (Å²) in [5, 5.41) is 5.25. The molecule has 2 rings (SSSR count). The molecule has 0 unspecified atom stereocenters. The van der Waals surface area contributed by atoms with Gasteiger partial charge in [0.25, 0.3) is 0 Å². The number of hydrogen-bond acceptors (Lipinski definition) is 4. The third-order valence-electron chi connectivity index (χ3n) is 3.30. The van der Waals surface area contributed by atoms with Gasteiger partial charge in [-0.1, -0.05) is 13.3 Å². The van der Waals surface area contributed by atoms with Gasteiger partial charge in [-0.2, -0.15) is 0 Å². The number of furan rings is 1. The summed E-state index contributed by atoms with van der Waals surface area (Å²) in [5.41, 5.74) is 2.35. The fourth-order valence-corrected chi connectivity index (χ4v) is 2.19. The molecule has 2 aromatic heterocycles. The van der Waals surface area contributed by atoms with Crippen LogP contribution in [0.3, 0.4) is 0 Å². The molecule has 0 atom stereocenters. The number of aromatic nitrogens is 2. The van der Waals surface area contributed by atoms with Crippen LogP contribution >= 0.6 is 0 Å². The van der Waals surface area contributed by atoms with Crippen LogP contribution in [-0.2, 0) is 11.3 Å². The average Bonchev–Trinajstić information content (AvgIpc) is 2.88. The van der Waals surface area contributed by atoms with Gasteiger partial charge in [0.15, 0.2) is 0 Å². The van der Waals surface area contributed by atoms with Crippen molar-refractivity contribution >= 4 is 17.1 Å². The number of hydrogen-bond donors (Lipinski definition) is 0. The molecule has 0 amide bonds. The van der Waals surface area contributed by atoms with Crippen LogP contribution in [0.4, 0.5) is 0 Å². The molecule has 0 N–H and O–H groups in total. The molecule has 2 aromatic rings. The van der Waals surface area contributed by atoms with Gasteiger partial charge in [0, 0.05) is 17.8 Å². The monoisotopic (exact) mass is 264 g/mol. The summed E-state index contributed by atoms with van der Waals surface area (Å²) in [7, 11) is 0. The molecule has 0 saturated carbocycles. The Labute approximate surface area is 112 Å². The molecule has 0 saturated heterocycles. The van der Waals surface area contributed by atoms with Crippen molar-refractivity contribution in [3.8, 4) is 0 Å². The largest absolute Gasteiger partial charge is 0.460 e. The molecule has 0 fully saturated rings. The SMILES string of the molecule is CCCCOC(=O)c1oc2nn(CC)c(C)c2c1C. The zero-order valence-corrected chi connectivity index (χ0v) is 11.9. The van der Waals surface area contributed by atoms with E-state index in [1.165, 1.54) is 0 Å². The molecule has 0 bridgehead atoms. The Morgan fingerprint density at radius 2 is 2.11 bits per heavy atom.